The molecule has 3 nitrogen and oxygen atoms in total. The molecule has 2 aromatic carbocycles. The van der Waals surface area contributed by atoms with Crippen LogP contribution >= 0.6 is 0 Å². The fourth-order valence-electron chi connectivity index (χ4n) is 2.54. The van der Waals surface area contributed by atoms with Crippen molar-refractivity contribution in [1.29, 1.82) is 0 Å². The number of hydrogen-bond donors (Lipinski definition) is 3. The van der Waals surface area contributed by atoms with Crippen molar-refractivity contribution in [3.05, 3.63) is 71.8 Å². The first-order chi connectivity index (χ1) is 10.2. The molecule has 2 rings (SSSR count). The van der Waals surface area contributed by atoms with Gasteiger partial charge in [0.05, 0.1) is 12.2 Å². The van der Waals surface area contributed by atoms with E-state index in [2.05, 4.69) is 0 Å². The lowest BCUT2D eigenvalue weighted by atomic mass is 9.90. The van der Waals surface area contributed by atoms with Crippen LogP contribution in [0.2, 0.25) is 0 Å². The summed E-state index contributed by atoms with van der Waals surface area (Å²) in [5.41, 5.74) is 7.59. The Labute approximate surface area is 126 Å². The molecule has 112 valence electrons. The Balaban J connectivity index is 1.94. The van der Waals surface area contributed by atoms with Crippen molar-refractivity contribution in [2.75, 3.05) is 6.54 Å². The highest BCUT2D eigenvalue weighted by Gasteiger charge is 2.19. The Morgan fingerprint density at radius 3 is 1.43 bits per heavy atom. The Bertz CT molecular complexity index is 468. The minimum atomic E-state index is -0.539. The minimum absolute atomic E-state index is 0.0791. The van der Waals surface area contributed by atoms with E-state index in [1.807, 2.05) is 60.7 Å². The third-order valence-corrected chi connectivity index (χ3v) is 3.82. The van der Waals surface area contributed by atoms with Gasteiger partial charge in [-0.3, -0.25) is 0 Å². The number of aliphatic hydroxyl groups is 2. The van der Waals surface area contributed by atoms with Gasteiger partial charge in [0.15, 0.2) is 0 Å². The summed E-state index contributed by atoms with van der Waals surface area (Å²) in [6, 6.07) is 19.1. The van der Waals surface area contributed by atoms with Crippen LogP contribution in [0.1, 0.15) is 36.2 Å². The molecule has 0 aliphatic rings. The number of rotatable bonds is 7. The van der Waals surface area contributed by atoms with Gasteiger partial charge in [-0.1, -0.05) is 60.7 Å². The predicted molar refractivity (Wildman–Crippen MR) is 84.6 cm³/mol. The second-order valence-corrected chi connectivity index (χ2v) is 5.43. The van der Waals surface area contributed by atoms with Crippen LogP contribution in [-0.2, 0) is 0 Å². The average molecular weight is 285 g/mol. The highest BCUT2D eigenvalue weighted by molar-refractivity contribution is 5.18. The third kappa shape index (κ3) is 4.67. The zero-order chi connectivity index (χ0) is 15.1. The number of aliphatic hydroxyl groups excluding tert-OH is 2. The monoisotopic (exact) mass is 285 g/mol. The fraction of sp³-hybridized carbons (Fsp3) is 0.333. The smallest absolute Gasteiger partial charge is 0.0793 e. The molecule has 2 atom stereocenters. The van der Waals surface area contributed by atoms with E-state index in [0.717, 1.165) is 11.1 Å². The van der Waals surface area contributed by atoms with Gasteiger partial charge in [0.2, 0.25) is 0 Å². The molecule has 0 aromatic heterocycles. The largest absolute Gasteiger partial charge is 0.388 e. The first-order valence-corrected chi connectivity index (χ1v) is 7.36. The van der Waals surface area contributed by atoms with Gasteiger partial charge in [0, 0.05) is 0 Å². The zero-order valence-electron chi connectivity index (χ0n) is 12.1. The maximum Gasteiger partial charge on any atom is 0.0793 e. The quantitative estimate of drug-likeness (QED) is 0.733. The highest BCUT2D eigenvalue weighted by Crippen LogP contribution is 2.27. The highest BCUT2D eigenvalue weighted by atomic mass is 16.3. The molecule has 21 heavy (non-hydrogen) atoms. The van der Waals surface area contributed by atoms with Crippen LogP contribution in [-0.4, -0.2) is 16.8 Å². The molecule has 0 saturated heterocycles. The Morgan fingerprint density at radius 2 is 1.10 bits per heavy atom. The average Bonchev–Trinajstić information content (AvgIpc) is 2.55. The van der Waals surface area contributed by atoms with E-state index >= 15 is 0 Å². The maximum absolute atomic E-state index is 10.3. The molecule has 0 fully saturated rings. The van der Waals surface area contributed by atoms with Crippen LogP contribution in [0.25, 0.3) is 0 Å². The van der Waals surface area contributed by atoms with E-state index in [9.17, 15) is 10.2 Å². The SMILES string of the molecule is NCC(CC(O)c1ccccc1)CC(O)c1ccccc1. The van der Waals surface area contributed by atoms with E-state index in [0.29, 0.717) is 19.4 Å². The summed E-state index contributed by atoms with van der Waals surface area (Å²) < 4.78 is 0. The topological polar surface area (TPSA) is 66.5 Å². The van der Waals surface area contributed by atoms with E-state index in [-0.39, 0.29) is 5.92 Å². The van der Waals surface area contributed by atoms with Gasteiger partial charge < -0.3 is 15.9 Å². The third-order valence-electron chi connectivity index (χ3n) is 3.82. The molecule has 2 aromatic rings. The van der Waals surface area contributed by atoms with Gasteiger partial charge in [0.25, 0.3) is 0 Å². The van der Waals surface area contributed by atoms with E-state index in [1.165, 1.54) is 0 Å². The van der Waals surface area contributed by atoms with Gasteiger partial charge in [-0.25, -0.2) is 0 Å². The molecule has 3 heteroatoms. The molecular weight excluding hydrogens is 262 g/mol. The van der Waals surface area contributed by atoms with E-state index < -0.39 is 12.2 Å². The summed E-state index contributed by atoms with van der Waals surface area (Å²) in [7, 11) is 0. The molecule has 0 spiro atoms. The van der Waals surface area contributed by atoms with Crippen LogP contribution in [0.4, 0.5) is 0 Å². The number of benzene rings is 2. The summed E-state index contributed by atoms with van der Waals surface area (Å²) in [6.45, 7) is 0.452. The summed E-state index contributed by atoms with van der Waals surface area (Å²) in [5, 5.41) is 20.5. The second-order valence-electron chi connectivity index (χ2n) is 5.43. The summed E-state index contributed by atoms with van der Waals surface area (Å²) in [5.74, 6) is 0.0791. The molecule has 0 amide bonds. The van der Waals surface area contributed by atoms with Crippen molar-refractivity contribution in [1.82, 2.24) is 0 Å². The van der Waals surface area contributed by atoms with Crippen molar-refractivity contribution in [2.45, 2.75) is 25.0 Å². The summed E-state index contributed by atoms with van der Waals surface area (Å²) in [4.78, 5) is 0. The standard InChI is InChI=1S/C18H23NO2/c19-13-14(11-17(20)15-7-3-1-4-8-15)12-18(21)16-9-5-2-6-10-16/h1-10,14,17-18,20-21H,11-13,19H2. The number of hydrogen-bond acceptors (Lipinski definition) is 3. The van der Waals surface area contributed by atoms with Gasteiger partial charge in [-0.2, -0.15) is 0 Å². The molecule has 0 radical (unpaired) electrons. The Hall–Kier alpha value is -1.68. The van der Waals surface area contributed by atoms with Crippen molar-refractivity contribution < 1.29 is 10.2 Å². The normalized spacial score (nSPS) is 15.4. The fourth-order valence-corrected chi connectivity index (χ4v) is 2.54. The van der Waals surface area contributed by atoms with Crippen LogP contribution in [0.15, 0.2) is 60.7 Å². The minimum Gasteiger partial charge on any atom is -0.388 e. The molecule has 0 aliphatic heterocycles. The van der Waals surface area contributed by atoms with Crippen molar-refractivity contribution in [3.8, 4) is 0 Å². The molecule has 0 saturated carbocycles. The van der Waals surface area contributed by atoms with Gasteiger partial charge in [-0.15, -0.1) is 0 Å². The lowest BCUT2D eigenvalue weighted by Crippen LogP contribution is -2.20. The van der Waals surface area contributed by atoms with Crippen LogP contribution in [0, 0.1) is 5.92 Å². The molecular formula is C18H23NO2. The molecule has 2 unspecified atom stereocenters. The molecule has 4 N–H and O–H groups in total. The summed E-state index contributed by atoms with van der Waals surface area (Å²) in [6.07, 6.45) is 0.0416. The molecule has 0 aliphatic carbocycles. The molecule has 0 heterocycles. The van der Waals surface area contributed by atoms with E-state index in [1.54, 1.807) is 0 Å². The molecule has 0 bridgehead atoms. The predicted octanol–water partition coefficient (Wildman–Crippen LogP) is 2.81. The Morgan fingerprint density at radius 1 is 0.714 bits per heavy atom. The van der Waals surface area contributed by atoms with Gasteiger partial charge >= 0.3 is 0 Å². The van der Waals surface area contributed by atoms with Gasteiger partial charge in [0.1, 0.15) is 0 Å². The first-order valence-electron chi connectivity index (χ1n) is 7.36. The van der Waals surface area contributed by atoms with Crippen LogP contribution in [0.3, 0.4) is 0 Å². The van der Waals surface area contributed by atoms with Crippen LogP contribution < -0.4 is 5.73 Å². The summed E-state index contributed by atoms with van der Waals surface area (Å²) >= 11 is 0. The lowest BCUT2D eigenvalue weighted by Gasteiger charge is -2.22. The van der Waals surface area contributed by atoms with Crippen molar-refractivity contribution >= 4 is 0 Å². The van der Waals surface area contributed by atoms with Crippen molar-refractivity contribution in [3.63, 3.8) is 0 Å². The number of nitrogens with two attached hydrogens (primary N) is 1. The lowest BCUT2D eigenvalue weighted by molar-refractivity contribution is 0.105. The Kier molecular flexibility index (Phi) is 5.93. The first kappa shape index (κ1) is 15.7. The van der Waals surface area contributed by atoms with Crippen LogP contribution in [0.5, 0.6) is 0 Å². The second kappa shape index (κ2) is 7.93. The van der Waals surface area contributed by atoms with Crippen molar-refractivity contribution in [2.24, 2.45) is 11.7 Å². The maximum atomic E-state index is 10.3. The zero-order valence-corrected chi connectivity index (χ0v) is 12.1. The van der Waals surface area contributed by atoms with E-state index in [4.69, 9.17) is 5.73 Å². The van der Waals surface area contributed by atoms with Gasteiger partial charge in [-0.05, 0) is 36.4 Å².